The van der Waals surface area contributed by atoms with Crippen LogP contribution in [0.5, 0.6) is 0 Å². The number of hydrogen-bond donors (Lipinski definition) is 1. The zero-order chi connectivity index (χ0) is 11.5. The number of pyridine rings is 1. The number of aromatic nitrogens is 1. The molecule has 4 heteroatoms. The third kappa shape index (κ3) is 2.32. The molecule has 0 aromatic carbocycles. The van der Waals surface area contributed by atoms with Crippen LogP contribution in [0.2, 0.25) is 0 Å². The van der Waals surface area contributed by atoms with Crippen molar-refractivity contribution in [2.45, 2.75) is 25.7 Å². The Hall–Kier alpha value is -1.58. The van der Waals surface area contributed by atoms with Gasteiger partial charge in [-0.05, 0) is 31.4 Å². The highest BCUT2D eigenvalue weighted by atomic mass is 16.4. The van der Waals surface area contributed by atoms with Crippen molar-refractivity contribution in [2.24, 2.45) is 0 Å². The predicted molar refractivity (Wildman–Crippen MR) is 60.5 cm³/mol. The SMILES string of the molecule is Cc1ccc(C2CCCN(C(=O)O)C2)nc1. The molecule has 2 heterocycles. The minimum atomic E-state index is -0.822. The molecule has 1 aliphatic heterocycles. The maximum atomic E-state index is 10.9. The average Bonchev–Trinajstić information content (AvgIpc) is 2.30. The summed E-state index contributed by atoms with van der Waals surface area (Å²) in [5.41, 5.74) is 2.14. The number of carboxylic acid groups (broad SMARTS) is 1. The van der Waals surface area contributed by atoms with Crippen LogP contribution in [0, 0.1) is 6.92 Å². The molecule has 0 saturated carbocycles. The topological polar surface area (TPSA) is 53.4 Å². The third-order valence-corrected chi connectivity index (χ3v) is 3.04. The van der Waals surface area contributed by atoms with Gasteiger partial charge in [-0.2, -0.15) is 0 Å². The van der Waals surface area contributed by atoms with Gasteiger partial charge in [0, 0.05) is 30.9 Å². The second-order valence-corrected chi connectivity index (χ2v) is 4.33. The van der Waals surface area contributed by atoms with E-state index in [1.165, 1.54) is 4.90 Å². The molecule has 1 fully saturated rings. The number of amides is 1. The van der Waals surface area contributed by atoms with Gasteiger partial charge < -0.3 is 10.0 Å². The monoisotopic (exact) mass is 220 g/mol. The van der Waals surface area contributed by atoms with Gasteiger partial charge in [-0.3, -0.25) is 4.98 Å². The van der Waals surface area contributed by atoms with Crippen LogP contribution in [0.3, 0.4) is 0 Å². The van der Waals surface area contributed by atoms with E-state index >= 15 is 0 Å². The summed E-state index contributed by atoms with van der Waals surface area (Å²) in [6.07, 6.45) is 2.97. The van der Waals surface area contributed by atoms with Crippen LogP contribution in [0.25, 0.3) is 0 Å². The van der Waals surface area contributed by atoms with E-state index in [4.69, 9.17) is 5.11 Å². The highest BCUT2D eigenvalue weighted by molar-refractivity contribution is 5.65. The highest BCUT2D eigenvalue weighted by Gasteiger charge is 2.24. The summed E-state index contributed by atoms with van der Waals surface area (Å²) >= 11 is 0. The van der Waals surface area contributed by atoms with E-state index in [-0.39, 0.29) is 5.92 Å². The number of carbonyl (C=O) groups is 1. The van der Waals surface area contributed by atoms with Crippen LogP contribution < -0.4 is 0 Å². The molecule has 0 radical (unpaired) electrons. The van der Waals surface area contributed by atoms with Gasteiger partial charge in [0.15, 0.2) is 0 Å². The molecule has 1 aromatic rings. The van der Waals surface area contributed by atoms with Gasteiger partial charge in [0.1, 0.15) is 0 Å². The fourth-order valence-corrected chi connectivity index (χ4v) is 2.11. The molecule has 86 valence electrons. The van der Waals surface area contributed by atoms with Crippen molar-refractivity contribution < 1.29 is 9.90 Å². The summed E-state index contributed by atoms with van der Waals surface area (Å²) in [6, 6.07) is 4.04. The number of piperidine rings is 1. The maximum absolute atomic E-state index is 10.9. The Balaban J connectivity index is 2.09. The van der Waals surface area contributed by atoms with E-state index in [0.717, 1.165) is 24.1 Å². The van der Waals surface area contributed by atoms with Gasteiger partial charge in [0.05, 0.1) is 0 Å². The van der Waals surface area contributed by atoms with Gasteiger partial charge in [0.2, 0.25) is 0 Å². The van der Waals surface area contributed by atoms with Crippen molar-refractivity contribution in [1.29, 1.82) is 0 Å². The summed E-state index contributed by atoms with van der Waals surface area (Å²) in [5, 5.41) is 8.95. The van der Waals surface area contributed by atoms with Gasteiger partial charge in [0.25, 0.3) is 0 Å². The van der Waals surface area contributed by atoms with Crippen LogP contribution in [0.1, 0.15) is 30.0 Å². The summed E-state index contributed by atoms with van der Waals surface area (Å²) in [7, 11) is 0. The molecule has 1 unspecified atom stereocenters. The van der Waals surface area contributed by atoms with Crippen molar-refractivity contribution >= 4 is 6.09 Å². The average molecular weight is 220 g/mol. The van der Waals surface area contributed by atoms with Gasteiger partial charge in [-0.15, -0.1) is 0 Å². The van der Waals surface area contributed by atoms with E-state index in [1.54, 1.807) is 0 Å². The molecular weight excluding hydrogens is 204 g/mol. The Bertz CT molecular complexity index is 375. The standard InChI is InChI=1S/C12H16N2O2/c1-9-4-5-11(13-7-9)10-3-2-6-14(8-10)12(15)16/h4-5,7,10H,2-3,6,8H2,1H3,(H,15,16). The fraction of sp³-hybridized carbons (Fsp3) is 0.500. The Morgan fingerprint density at radius 2 is 2.38 bits per heavy atom. The van der Waals surface area contributed by atoms with Crippen molar-refractivity contribution in [1.82, 2.24) is 9.88 Å². The first-order valence-corrected chi connectivity index (χ1v) is 5.57. The summed E-state index contributed by atoms with van der Waals surface area (Å²) in [4.78, 5) is 16.7. The molecule has 1 saturated heterocycles. The van der Waals surface area contributed by atoms with Crippen molar-refractivity contribution in [2.75, 3.05) is 13.1 Å². The molecule has 2 rings (SSSR count). The number of hydrogen-bond acceptors (Lipinski definition) is 2. The molecule has 1 atom stereocenters. The largest absolute Gasteiger partial charge is 0.465 e. The van der Waals surface area contributed by atoms with Crippen LogP contribution in [-0.2, 0) is 0 Å². The molecular formula is C12H16N2O2. The summed E-state index contributed by atoms with van der Waals surface area (Å²) in [5.74, 6) is 0.255. The molecule has 0 aliphatic carbocycles. The molecule has 1 N–H and O–H groups in total. The Kier molecular flexibility index (Phi) is 3.08. The summed E-state index contributed by atoms with van der Waals surface area (Å²) < 4.78 is 0. The zero-order valence-electron chi connectivity index (χ0n) is 9.39. The van der Waals surface area contributed by atoms with E-state index in [0.29, 0.717) is 13.1 Å². The molecule has 16 heavy (non-hydrogen) atoms. The second-order valence-electron chi connectivity index (χ2n) is 4.33. The van der Waals surface area contributed by atoms with E-state index < -0.39 is 6.09 Å². The minimum absolute atomic E-state index is 0.255. The molecule has 1 aromatic heterocycles. The van der Waals surface area contributed by atoms with Crippen LogP contribution in [-0.4, -0.2) is 34.2 Å². The first-order valence-electron chi connectivity index (χ1n) is 5.57. The van der Waals surface area contributed by atoms with Crippen molar-refractivity contribution in [3.63, 3.8) is 0 Å². The first kappa shape index (κ1) is 10.9. The van der Waals surface area contributed by atoms with Gasteiger partial charge in [-0.25, -0.2) is 4.79 Å². The Labute approximate surface area is 94.9 Å². The second kappa shape index (κ2) is 4.51. The third-order valence-electron chi connectivity index (χ3n) is 3.04. The first-order chi connectivity index (χ1) is 7.66. The number of nitrogens with zero attached hydrogens (tertiary/aromatic N) is 2. The van der Waals surface area contributed by atoms with E-state index in [2.05, 4.69) is 4.98 Å². The smallest absolute Gasteiger partial charge is 0.407 e. The number of rotatable bonds is 1. The lowest BCUT2D eigenvalue weighted by Crippen LogP contribution is -2.38. The molecule has 1 amide bonds. The lowest BCUT2D eigenvalue weighted by molar-refractivity contribution is 0.130. The lowest BCUT2D eigenvalue weighted by Gasteiger charge is -2.30. The molecule has 0 bridgehead atoms. The van der Waals surface area contributed by atoms with Crippen molar-refractivity contribution in [3.05, 3.63) is 29.6 Å². The number of aryl methyl sites for hydroxylation is 1. The highest BCUT2D eigenvalue weighted by Crippen LogP contribution is 2.25. The zero-order valence-corrected chi connectivity index (χ0v) is 9.39. The predicted octanol–water partition coefficient (Wildman–Crippen LogP) is 2.25. The van der Waals surface area contributed by atoms with Crippen molar-refractivity contribution in [3.8, 4) is 0 Å². The normalized spacial score (nSPS) is 20.8. The van der Waals surface area contributed by atoms with Crippen LogP contribution in [0.15, 0.2) is 18.3 Å². The fourth-order valence-electron chi connectivity index (χ4n) is 2.11. The van der Waals surface area contributed by atoms with Gasteiger partial charge in [-0.1, -0.05) is 6.07 Å². The molecule has 4 nitrogen and oxygen atoms in total. The quantitative estimate of drug-likeness (QED) is 0.789. The van der Waals surface area contributed by atoms with Crippen LogP contribution >= 0.6 is 0 Å². The minimum Gasteiger partial charge on any atom is -0.465 e. The summed E-state index contributed by atoms with van der Waals surface area (Å²) in [6.45, 7) is 3.23. The van der Waals surface area contributed by atoms with Gasteiger partial charge >= 0.3 is 6.09 Å². The van der Waals surface area contributed by atoms with E-state index in [1.807, 2.05) is 25.3 Å². The Morgan fingerprint density at radius 3 is 3.00 bits per heavy atom. The van der Waals surface area contributed by atoms with E-state index in [9.17, 15) is 4.79 Å². The molecule has 0 spiro atoms. The maximum Gasteiger partial charge on any atom is 0.407 e. The van der Waals surface area contributed by atoms with Crippen LogP contribution in [0.4, 0.5) is 4.79 Å². The lowest BCUT2D eigenvalue weighted by atomic mass is 9.94. The Morgan fingerprint density at radius 1 is 1.56 bits per heavy atom. The number of likely N-dealkylation sites (tertiary alicyclic amines) is 1. The molecule has 1 aliphatic rings.